The molecule has 1 aliphatic rings. The van der Waals surface area contributed by atoms with Gasteiger partial charge >= 0.3 is 0 Å². The van der Waals surface area contributed by atoms with Crippen LogP contribution in [-0.2, 0) is 4.74 Å². The van der Waals surface area contributed by atoms with Gasteiger partial charge in [0.2, 0.25) is 0 Å². The molecule has 1 unspecified atom stereocenters. The molecule has 3 heteroatoms. The lowest BCUT2D eigenvalue weighted by Gasteiger charge is -2.38. The van der Waals surface area contributed by atoms with E-state index in [9.17, 15) is 5.11 Å². The Labute approximate surface area is 114 Å². The van der Waals surface area contributed by atoms with Crippen LogP contribution in [0.25, 0.3) is 0 Å². The van der Waals surface area contributed by atoms with Crippen molar-refractivity contribution >= 4 is 0 Å². The Hall–Kier alpha value is -1.50. The maximum atomic E-state index is 10.4. The zero-order chi connectivity index (χ0) is 13.8. The third-order valence-electron chi connectivity index (χ3n) is 3.10. The number of benzene rings is 1. The van der Waals surface area contributed by atoms with Gasteiger partial charge in [-0.05, 0) is 26.0 Å². The van der Waals surface area contributed by atoms with Crippen molar-refractivity contribution < 1.29 is 14.6 Å². The van der Waals surface area contributed by atoms with Crippen molar-refractivity contribution in [3.63, 3.8) is 0 Å². The zero-order valence-corrected chi connectivity index (χ0v) is 11.5. The van der Waals surface area contributed by atoms with E-state index in [4.69, 9.17) is 9.47 Å². The fraction of sp³-hybridized carbons (Fsp3) is 0.500. The Morgan fingerprint density at radius 1 is 1.32 bits per heavy atom. The zero-order valence-electron chi connectivity index (χ0n) is 11.5. The Bertz CT molecular complexity index is 470. The van der Waals surface area contributed by atoms with E-state index in [1.807, 2.05) is 44.2 Å². The maximum Gasteiger partial charge on any atom is 0.149 e. The second-order valence-corrected chi connectivity index (χ2v) is 5.47. The fourth-order valence-electron chi connectivity index (χ4n) is 2.28. The molecule has 1 aromatic rings. The van der Waals surface area contributed by atoms with Crippen LogP contribution >= 0.6 is 0 Å². The molecule has 3 nitrogen and oxygen atoms in total. The van der Waals surface area contributed by atoms with Crippen LogP contribution in [0.2, 0.25) is 0 Å². The van der Waals surface area contributed by atoms with Crippen molar-refractivity contribution in [3.8, 4) is 17.6 Å². The average Bonchev–Trinajstić information content (AvgIpc) is 2.34. The summed E-state index contributed by atoms with van der Waals surface area (Å²) in [5.74, 6) is 6.62. The normalized spacial score (nSPS) is 25.2. The topological polar surface area (TPSA) is 38.7 Å². The summed E-state index contributed by atoms with van der Waals surface area (Å²) in [6, 6.07) is 9.53. The van der Waals surface area contributed by atoms with Crippen LogP contribution in [0.1, 0.15) is 26.7 Å². The minimum Gasteiger partial charge on any atom is -0.481 e. The van der Waals surface area contributed by atoms with Crippen molar-refractivity contribution in [2.45, 2.75) is 37.9 Å². The van der Waals surface area contributed by atoms with Crippen molar-refractivity contribution in [2.24, 2.45) is 0 Å². The number of rotatable bonds is 2. The van der Waals surface area contributed by atoms with Gasteiger partial charge in [0.15, 0.2) is 0 Å². The highest BCUT2D eigenvalue weighted by molar-refractivity contribution is 5.22. The second-order valence-electron chi connectivity index (χ2n) is 5.47. The molecule has 1 atom stereocenters. The molecule has 0 amide bonds. The first-order valence-electron chi connectivity index (χ1n) is 6.53. The number of aliphatic hydroxyl groups is 1. The highest BCUT2D eigenvalue weighted by Crippen LogP contribution is 2.31. The van der Waals surface area contributed by atoms with Crippen molar-refractivity contribution in [2.75, 3.05) is 13.2 Å². The molecule has 0 bridgehead atoms. The molecule has 1 fully saturated rings. The molecule has 19 heavy (non-hydrogen) atoms. The van der Waals surface area contributed by atoms with Gasteiger partial charge in [-0.2, -0.15) is 0 Å². The van der Waals surface area contributed by atoms with Gasteiger partial charge in [-0.15, -0.1) is 0 Å². The van der Waals surface area contributed by atoms with Crippen LogP contribution in [-0.4, -0.2) is 29.5 Å². The largest absolute Gasteiger partial charge is 0.481 e. The minimum absolute atomic E-state index is 0.285. The molecule has 1 aliphatic heterocycles. The summed E-state index contributed by atoms with van der Waals surface area (Å²) in [6.45, 7) is 4.77. The number of para-hydroxylation sites is 1. The van der Waals surface area contributed by atoms with E-state index in [1.165, 1.54) is 0 Å². The van der Waals surface area contributed by atoms with Gasteiger partial charge in [0.25, 0.3) is 0 Å². The smallest absolute Gasteiger partial charge is 0.149 e. The molecular formula is C16H20O3. The number of hydrogen-bond acceptors (Lipinski definition) is 3. The van der Waals surface area contributed by atoms with Gasteiger partial charge in [0.05, 0.1) is 12.2 Å². The monoisotopic (exact) mass is 260 g/mol. The van der Waals surface area contributed by atoms with Crippen LogP contribution < -0.4 is 4.74 Å². The van der Waals surface area contributed by atoms with Gasteiger partial charge in [-0.25, -0.2) is 0 Å². The van der Waals surface area contributed by atoms with Gasteiger partial charge in [-0.3, -0.25) is 0 Å². The van der Waals surface area contributed by atoms with E-state index in [-0.39, 0.29) is 12.2 Å². The number of ether oxygens (including phenoxy) is 2. The Morgan fingerprint density at radius 3 is 2.74 bits per heavy atom. The molecule has 2 rings (SSSR count). The first-order chi connectivity index (χ1) is 8.99. The van der Waals surface area contributed by atoms with Gasteiger partial charge < -0.3 is 14.6 Å². The molecule has 0 saturated carbocycles. The molecule has 102 valence electrons. The third kappa shape index (κ3) is 4.27. The second kappa shape index (κ2) is 5.64. The average molecular weight is 260 g/mol. The maximum absolute atomic E-state index is 10.4. The summed E-state index contributed by atoms with van der Waals surface area (Å²) in [5.41, 5.74) is -1.27. The Kier molecular flexibility index (Phi) is 4.14. The molecule has 1 heterocycles. The van der Waals surface area contributed by atoms with Gasteiger partial charge in [-0.1, -0.05) is 30.0 Å². The van der Waals surface area contributed by atoms with E-state index in [2.05, 4.69) is 11.8 Å². The predicted octanol–water partition coefficient (Wildman–Crippen LogP) is 2.39. The van der Waals surface area contributed by atoms with Gasteiger partial charge in [0, 0.05) is 12.8 Å². The van der Waals surface area contributed by atoms with E-state index >= 15 is 0 Å². The van der Waals surface area contributed by atoms with E-state index in [1.54, 1.807) is 0 Å². The van der Waals surface area contributed by atoms with Crippen LogP contribution in [0.15, 0.2) is 30.3 Å². The van der Waals surface area contributed by atoms with E-state index < -0.39 is 5.60 Å². The van der Waals surface area contributed by atoms with E-state index in [0.29, 0.717) is 19.4 Å². The third-order valence-corrected chi connectivity index (χ3v) is 3.10. The molecule has 0 spiro atoms. The van der Waals surface area contributed by atoms with Crippen LogP contribution in [0.3, 0.4) is 0 Å². The lowest BCUT2D eigenvalue weighted by molar-refractivity contribution is -0.121. The standard InChI is InChI=1S/C16H20O3/c1-15(2)13-16(17,10-12-19-15)9-6-11-18-14-7-4-3-5-8-14/h3-5,7-8,17H,10-13H2,1-2H3. The summed E-state index contributed by atoms with van der Waals surface area (Å²) >= 11 is 0. The summed E-state index contributed by atoms with van der Waals surface area (Å²) in [6.07, 6.45) is 1.08. The van der Waals surface area contributed by atoms with Crippen LogP contribution in [0.4, 0.5) is 0 Å². The highest BCUT2D eigenvalue weighted by atomic mass is 16.5. The van der Waals surface area contributed by atoms with Crippen LogP contribution in [0.5, 0.6) is 5.75 Å². The Morgan fingerprint density at radius 2 is 2.05 bits per heavy atom. The predicted molar refractivity (Wildman–Crippen MR) is 73.9 cm³/mol. The van der Waals surface area contributed by atoms with E-state index in [0.717, 1.165) is 5.75 Å². The first-order valence-corrected chi connectivity index (χ1v) is 6.53. The molecule has 0 radical (unpaired) electrons. The quantitative estimate of drug-likeness (QED) is 0.830. The summed E-state index contributed by atoms with van der Waals surface area (Å²) in [4.78, 5) is 0. The van der Waals surface area contributed by atoms with Crippen molar-refractivity contribution in [1.82, 2.24) is 0 Å². The lowest BCUT2D eigenvalue weighted by atomic mass is 9.85. The SMILES string of the molecule is CC1(C)CC(O)(C#CCOc2ccccc2)CCO1. The first kappa shape index (κ1) is 13.9. The lowest BCUT2D eigenvalue weighted by Crippen LogP contribution is -2.45. The molecule has 0 aromatic heterocycles. The molecule has 1 aromatic carbocycles. The fourth-order valence-corrected chi connectivity index (χ4v) is 2.28. The van der Waals surface area contributed by atoms with Crippen molar-refractivity contribution in [3.05, 3.63) is 30.3 Å². The summed E-state index contributed by atoms with van der Waals surface area (Å²) in [5, 5.41) is 10.4. The summed E-state index contributed by atoms with van der Waals surface area (Å²) < 4.78 is 11.1. The number of hydrogen-bond donors (Lipinski definition) is 1. The summed E-state index contributed by atoms with van der Waals surface area (Å²) in [7, 11) is 0. The molecule has 0 aliphatic carbocycles. The van der Waals surface area contributed by atoms with Crippen LogP contribution in [0, 0.1) is 11.8 Å². The van der Waals surface area contributed by atoms with Gasteiger partial charge in [0.1, 0.15) is 18.0 Å². The highest BCUT2D eigenvalue weighted by Gasteiger charge is 2.38. The molecule has 1 saturated heterocycles. The minimum atomic E-state index is -0.957. The molecule has 1 N–H and O–H groups in total. The molecular weight excluding hydrogens is 240 g/mol. The Balaban J connectivity index is 1.89. The van der Waals surface area contributed by atoms with Crippen molar-refractivity contribution in [1.29, 1.82) is 0 Å².